The minimum atomic E-state index is 0.0172. The van der Waals surface area contributed by atoms with Crippen LogP contribution in [0.2, 0.25) is 0 Å². The second kappa shape index (κ2) is 8.08. The summed E-state index contributed by atoms with van der Waals surface area (Å²) >= 11 is 1.58. The number of hydrogen-bond acceptors (Lipinski definition) is 3. The number of carbonyl (C=O) groups is 1. The largest absolute Gasteiger partial charge is 0.355 e. The van der Waals surface area contributed by atoms with Crippen molar-refractivity contribution in [2.75, 3.05) is 6.54 Å². The molecule has 0 saturated carbocycles. The van der Waals surface area contributed by atoms with E-state index in [2.05, 4.69) is 60.5 Å². The minimum Gasteiger partial charge on any atom is -0.355 e. The molecule has 4 heteroatoms. The van der Waals surface area contributed by atoms with Crippen LogP contribution >= 0.6 is 11.3 Å². The van der Waals surface area contributed by atoms with E-state index in [9.17, 15) is 4.79 Å². The molecular formula is C21H22N2OS. The Balaban J connectivity index is 1.54. The van der Waals surface area contributed by atoms with E-state index < -0.39 is 0 Å². The Hall–Kier alpha value is -2.46. The van der Waals surface area contributed by atoms with E-state index >= 15 is 0 Å². The number of rotatable bonds is 6. The molecule has 0 radical (unpaired) electrons. The van der Waals surface area contributed by atoms with Crippen molar-refractivity contribution in [2.24, 2.45) is 0 Å². The fourth-order valence-corrected chi connectivity index (χ4v) is 3.44. The predicted octanol–water partition coefficient (Wildman–Crippen LogP) is 4.58. The van der Waals surface area contributed by atoms with Gasteiger partial charge in [-0.3, -0.25) is 4.79 Å². The van der Waals surface area contributed by atoms with Crippen molar-refractivity contribution >= 4 is 17.2 Å². The Morgan fingerprint density at radius 2 is 1.84 bits per heavy atom. The second-order valence-corrected chi connectivity index (χ2v) is 7.16. The van der Waals surface area contributed by atoms with E-state index in [0.29, 0.717) is 18.9 Å². The van der Waals surface area contributed by atoms with Crippen molar-refractivity contribution < 1.29 is 4.79 Å². The number of aromatic nitrogens is 1. The highest BCUT2D eigenvalue weighted by atomic mass is 32.1. The molecule has 1 atom stereocenters. The molecule has 0 bridgehead atoms. The normalized spacial score (nSPS) is 11.9. The van der Waals surface area contributed by atoms with Gasteiger partial charge in [0.15, 0.2) is 0 Å². The maximum absolute atomic E-state index is 12.2. The van der Waals surface area contributed by atoms with Gasteiger partial charge in [0, 0.05) is 17.5 Å². The number of carbonyl (C=O) groups excluding carboxylic acids is 1. The molecule has 25 heavy (non-hydrogen) atoms. The highest BCUT2D eigenvalue weighted by molar-refractivity contribution is 7.13. The number of thiazole rings is 1. The molecule has 0 spiro atoms. The van der Waals surface area contributed by atoms with Crippen LogP contribution in [0.25, 0.3) is 10.6 Å². The van der Waals surface area contributed by atoms with Crippen LogP contribution in [0, 0.1) is 6.92 Å². The smallest absolute Gasteiger partial charge is 0.226 e. The summed E-state index contributed by atoms with van der Waals surface area (Å²) < 4.78 is 0. The van der Waals surface area contributed by atoms with E-state index in [1.807, 2.05) is 23.6 Å². The number of nitrogens with zero attached hydrogens (tertiary/aromatic N) is 1. The lowest BCUT2D eigenvalue weighted by Crippen LogP contribution is -2.28. The van der Waals surface area contributed by atoms with Gasteiger partial charge in [-0.25, -0.2) is 4.98 Å². The molecule has 0 saturated heterocycles. The molecule has 0 aliphatic carbocycles. The van der Waals surface area contributed by atoms with Crippen LogP contribution in [-0.2, 0) is 11.2 Å². The zero-order valence-corrected chi connectivity index (χ0v) is 15.3. The molecule has 1 amide bonds. The van der Waals surface area contributed by atoms with Crippen molar-refractivity contribution in [3.05, 3.63) is 76.8 Å². The van der Waals surface area contributed by atoms with Crippen molar-refractivity contribution in [1.29, 1.82) is 0 Å². The lowest BCUT2D eigenvalue weighted by Gasteiger charge is -2.12. The summed E-state index contributed by atoms with van der Waals surface area (Å²) in [7, 11) is 0. The number of benzene rings is 2. The minimum absolute atomic E-state index is 0.0172. The molecule has 3 nitrogen and oxygen atoms in total. The first-order chi connectivity index (χ1) is 12.1. The monoisotopic (exact) mass is 350 g/mol. The van der Waals surface area contributed by atoms with Crippen LogP contribution in [-0.4, -0.2) is 17.4 Å². The Morgan fingerprint density at radius 1 is 1.12 bits per heavy atom. The van der Waals surface area contributed by atoms with Crippen LogP contribution in [0.5, 0.6) is 0 Å². The lowest BCUT2D eigenvalue weighted by atomic mass is 10.0. The maximum Gasteiger partial charge on any atom is 0.226 e. The third-order valence-corrected chi connectivity index (χ3v) is 5.11. The van der Waals surface area contributed by atoms with Gasteiger partial charge in [-0.15, -0.1) is 11.3 Å². The van der Waals surface area contributed by atoms with E-state index in [1.165, 1.54) is 11.1 Å². The molecule has 3 rings (SSSR count). The molecular weight excluding hydrogens is 328 g/mol. The van der Waals surface area contributed by atoms with Gasteiger partial charge in [0.2, 0.25) is 5.91 Å². The quantitative estimate of drug-likeness (QED) is 0.707. The summed E-state index contributed by atoms with van der Waals surface area (Å²) in [6.07, 6.45) is 0.323. The summed E-state index contributed by atoms with van der Waals surface area (Å²) in [5.41, 5.74) is 4.39. The van der Waals surface area contributed by atoms with E-state index in [-0.39, 0.29) is 5.91 Å². The van der Waals surface area contributed by atoms with E-state index in [4.69, 9.17) is 0 Å². The molecule has 0 aliphatic heterocycles. The second-order valence-electron chi connectivity index (χ2n) is 6.30. The summed E-state index contributed by atoms with van der Waals surface area (Å²) in [5.74, 6) is 0.312. The zero-order chi connectivity index (χ0) is 17.6. The van der Waals surface area contributed by atoms with Crippen molar-refractivity contribution in [3.63, 3.8) is 0 Å². The zero-order valence-electron chi connectivity index (χ0n) is 14.5. The summed E-state index contributed by atoms with van der Waals surface area (Å²) in [5, 5.41) is 5.94. The maximum atomic E-state index is 12.2. The molecule has 1 heterocycles. The first-order valence-corrected chi connectivity index (χ1v) is 9.33. The standard InChI is InChI=1S/C21H22N2OS/c1-15-8-10-18(11-9-15)21-23-19(14-25-21)12-20(24)22-13-16(2)17-6-4-3-5-7-17/h3-11,14,16H,12-13H2,1-2H3,(H,22,24). The first kappa shape index (κ1) is 17.4. The van der Waals surface area contributed by atoms with Crippen molar-refractivity contribution in [1.82, 2.24) is 10.3 Å². The van der Waals surface area contributed by atoms with Gasteiger partial charge in [-0.2, -0.15) is 0 Å². The van der Waals surface area contributed by atoms with Crippen LogP contribution in [0.15, 0.2) is 60.0 Å². The van der Waals surface area contributed by atoms with E-state index in [1.54, 1.807) is 11.3 Å². The molecule has 1 unspecified atom stereocenters. The van der Waals surface area contributed by atoms with Gasteiger partial charge in [-0.05, 0) is 18.4 Å². The highest BCUT2D eigenvalue weighted by Crippen LogP contribution is 2.24. The van der Waals surface area contributed by atoms with Gasteiger partial charge in [0.1, 0.15) is 5.01 Å². The highest BCUT2D eigenvalue weighted by Gasteiger charge is 2.11. The van der Waals surface area contributed by atoms with Crippen molar-refractivity contribution in [2.45, 2.75) is 26.2 Å². The molecule has 2 aromatic carbocycles. The fourth-order valence-electron chi connectivity index (χ4n) is 2.61. The van der Waals surface area contributed by atoms with E-state index in [0.717, 1.165) is 16.3 Å². The Morgan fingerprint density at radius 3 is 2.56 bits per heavy atom. The fraction of sp³-hybridized carbons (Fsp3) is 0.238. The summed E-state index contributed by atoms with van der Waals surface area (Å²) in [4.78, 5) is 16.8. The SMILES string of the molecule is Cc1ccc(-c2nc(CC(=O)NCC(C)c3ccccc3)cs2)cc1. The molecule has 0 aliphatic rings. The molecule has 128 valence electrons. The average molecular weight is 350 g/mol. The van der Waals surface area contributed by atoms with Gasteiger partial charge in [0.05, 0.1) is 12.1 Å². The summed E-state index contributed by atoms with van der Waals surface area (Å²) in [6.45, 7) is 4.82. The molecule has 1 aromatic heterocycles. The molecule has 3 aromatic rings. The summed E-state index contributed by atoms with van der Waals surface area (Å²) in [6, 6.07) is 18.5. The molecule has 0 fully saturated rings. The van der Waals surface area contributed by atoms with Gasteiger partial charge in [-0.1, -0.05) is 67.1 Å². The predicted molar refractivity (Wildman–Crippen MR) is 104 cm³/mol. The van der Waals surface area contributed by atoms with Crippen LogP contribution < -0.4 is 5.32 Å². The van der Waals surface area contributed by atoms with Gasteiger partial charge in [0.25, 0.3) is 0 Å². The van der Waals surface area contributed by atoms with Gasteiger partial charge < -0.3 is 5.32 Å². The Kier molecular flexibility index (Phi) is 5.61. The number of hydrogen-bond donors (Lipinski definition) is 1. The van der Waals surface area contributed by atoms with Crippen LogP contribution in [0.4, 0.5) is 0 Å². The lowest BCUT2D eigenvalue weighted by molar-refractivity contribution is -0.120. The van der Waals surface area contributed by atoms with Crippen LogP contribution in [0.1, 0.15) is 29.7 Å². The van der Waals surface area contributed by atoms with Crippen molar-refractivity contribution in [3.8, 4) is 10.6 Å². The molecule has 1 N–H and O–H groups in total. The number of aryl methyl sites for hydroxylation is 1. The number of nitrogens with one attached hydrogen (secondary N) is 1. The first-order valence-electron chi connectivity index (χ1n) is 8.45. The van der Waals surface area contributed by atoms with Gasteiger partial charge >= 0.3 is 0 Å². The third-order valence-electron chi connectivity index (χ3n) is 4.17. The Bertz CT molecular complexity index is 825. The Labute approximate surface area is 152 Å². The topological polar surface area (TPSA) is 42.0 Å². The average Bonchev–Trinajstić information content (AvgIpc) is 3.09. The number of amides is 1. The van der Waals surface area contributed by atoms with Crippen LogP contribution in [0.3, 0.4) is 0 Å². The third kappa shape index (κ3) is 4.77.